The molecule has 4 heterocycles. The van der Waals surface area contributed by atoms with Crippen LogP contribution in [0.15, 0.2) is 182 Å². The molecule has 4 aromatic heterocycles. The fourth-order valence-corrected chi connectivity index (χ4v) is 8.46. The molecule has 0 amide bonds. The second-order valence-electron chi connectivity index (χ2n) is 13.6. The average Bonchev–Trinajstić information content (AvgIpc) is 3.64. The third-order valence-corrected chi connectivity index (χ3v) is 11.1. The van der Waals surface area contributed by atoms with E-state index in [1.54, 1.807) is 11.3 Å². The van der Waals surface area contributed by atoms with Crippen LogP contribution in [0.3, 0.4) is 0 Å². The predicted molar refractivity (Wildman–Crippen MR) is 229 cm³/mol. The SMILES string of the molecule is Cc1ccc(-c2ccnc(-c3cccc(N(c4ccccc4)c4cccc(-c5nc6ccccc6c6c5sc5cnc(-c7ccccc7)nc56)c4)c3)c2)cc1. The van der Waals surface area contributed by atoms with Crippen molar-refractivity contribution in [1.29, 1.82) is 0 Å². The number of fused-ring (bicyclic) bond motifs is 5. The Hall–Kier alpha value is -7.02. The molecule has 0 unspecified atom stereocenters. The quantitative estimate of drug-likeness (QED) is 0.164. The maximum Gasteiger partial charge on any atom is 0.159 e. The fourth-order valence-electron chi connectivity index (χ4n) is 7.32. The van der Waals surface area contributed by atoms with Gasteiger partial charge in [0.25, 0.3) is 0 Å². The first-order valence-electron chi connectivity index (χ1n) is 18.3. The molecule has 55 heavy (non-hydrogen) atoms. The monoisotopic (exact) mass is 723 g/mol. The Kier molecular flexibility index (Phi) is 8.16. The molecule has 6 heteroatoms. The van der Waals surface area contributed by atoms with Crippen LogP contribution in [0.2, 0.25) is 0 Å². The topological polar surface area (TPSA) is 54.8 Å². The first kappa shape index (κ1) is 32.6. The van der Waals surface area contributed by atoms with E-state index >= 15 is 0 Å². The predicted octanol–water partition coefficient (Wildman–Crippen LogP) is 13.2. The van der Waals surface area contributed by atoms with Gasteiger partial charge in [0.15, 0.2) is 5.82 Å². The average molecular weight is 724 g/mol. The Balaban J connectivity index is 1.11. The first-order valence-corrected chi connectivity index (χ1v) is 19.1. The molecular weight excluding hydrogens is 691 g/mol. The van der Waals surface area contributed by atoms with Crippen molar-refractivity contribution in [2.24, 2.45) is 0 Å². The van der Waals surface area contributed by atoms with Crippen LogP contribution in [0.5, 0.6) is 0 Å². The molecule has 0 aliphatic heterocycles. The highest BCUT2D eigenvalue weighted by molar-refractivity contribution is 7.26. The molecule has 0 N–H and O–H groups in total. The molecule has 0 spiro atoms. The lowest BCUT2D eigenvalue weighted by atomic mass is 10.0. The number of para-hydroxylation sites is 2. The van der Waals surface area contributed by atoms with Crippen molar-refractivity contribution in [2.45, 2.75) is 6.92 Å². The Bertz CT molecular complexity index is 2990. The van der Waals surface area contributed by atoms with Crippen molar-refractivity contribution >= 4 is 59.6 Å². The van der Waals surface area contributed by atoms with E-state index in [1.807, 2.05) is 30.6 Å². The highest BCUT2D eigenvalue weighted by Crippen LogP contribution is 2.44. The minimum Gasteiger partial charge on any atom is -0.310 e. The van der Waals surface area contributed by atoms with E-state index in [4.69, 9.17) is 19.9 Å². The summed E-state index contributed by atoms with van der Waals surface area (Å²) in [6.45, 7) is 2.11. The van der Waals surface area contributed by atoms with E-state index in [0.717, 1.165) is 87.7 Å². The zero-order valence-electron chi connectivity index (χ0n) is 30.0. The minimum atomic E-state index is 0.718. The van der Waals surface area contributed by atoms with Crippen molar-refractivity contribution in [1.82, 2.24) is 19.9 Å². The number of thiophene rings is 1. The molecule has 10 rings (SSSR count). The van der Waals surface area contributed by atoms with Crippen molar-refractivity contribution < 1.29 is 0 Å². The molecule has 0 saturated carbocycles. The van der Waals surface area contributed by atoms with Crippen molar-refractivity contribution in [2.75, 3.05) is 4.90 Å². The zero-order valence-corrected chi connectivity index (χ0v) is 30.8. The van der Waals surface area contributed by atoms with Crippen LogP contribution in [0.25, 0.3) is 76.2 Å². The lowest BCUT2D eigenvalue weighted by molar-refractivity contribution is 1.24. The summed E-state index contributed by atoms with van der Waals surface area (Å²) >= 11 is 1.70. The summed E-state index contributed by atoms with van der Waals surface area (Å²) in [5, 5.41) is 2.20. The summed E-state index contributed by atoms with van der Waals surface area (Å²) in [4.78, 5) is 22.4. The molecule has 0 saturated heterocycles. The van der Waals surface area contributed by atoms with E-state index in [0.29, 0.717) is 0 Å². The van der Waals surface area contributed by atoms with Gasteiger partial charge in [-0.15, -0.1) is 11.3 Å². The van der Waals surface area contributed by atoms with Crippen LogP contribution >= 0.6 is 11.3 Å². The zero-order chi connectivity index (χ0) is 36.7. The number of aryl methyl sites for hydroxylation is 1. The second-order valence-corrected chi connectivity index (χ2v) is 14.7. The van der Waals surface area contributed by atoms with Gasteiger partial charge in [-0.1, -0.05) is 121 Å². The highest BCUT2D eigenvalue weighted by Gasteiger charge is 2.20. The van der Waals surface area contributed by atoms with E-state index < -0.39 is 0 Å². The number of hydrogen-bond donors (Lipinski definition) is 0. The molecule has 0 aliphatic carbocycles. The van der Waals surface area contributed by atoms with Gasteiger partial charge in [0.2, 0.25) is 0 Å². The fraction of sp³-hybridized carbons (Fsp3) is 0.0204. The van der Waals surface area contributed by atoms with Gasteiger partial charge in [0.05, 0.1) is 31.8 Å². The number of benzene rings is 6. The summed E-state index contributed by atoms with van der Waals surface area (Å²) in [7, 11) is 0. The van der Waals surface area contributed by atoms with E-state index in [1.165, 1.54) is 11.1 Å². The lowest BCUT2D eigenvalue weighted by Crippen LogP contribution is -2.10. The van der Waals surface area contributed by atoms with Gasteiger partial charge >= 0.3 is 0 Å². The molecule has 0 fully saturated rings. The highest BCUT2D eigenvalue weighted by atomic mass is 32.1. The first-order chi connectivity index (χ1) is 27.2. The van der Waals surface area contributed by atoms with Gasteiger partial charge in [0, 0.05) is 56.9 Å². The third kappa shape index (κ3) is 6.09. The minimum absolute atomic E-state index is 0.718. The van der Waals surface area contributed by atoms with E-state index in [-0.39, 0.29) is 0 Å². The molecular formula is C49H33N5S. The molecule has 5 nitrogen and oxygen atoms in total. The van der Waals surface area contributed by atoms with Gasteiger partial charge in [0.1, 0.15) is 0 Å². The Morgan fingerprint density at radius 2 is 1.18 bits per heavy atom. The molecule has 260 valence electrons. The molecule has 0 aliphatic rings. The van der Waals surface area contributed by atoms with Crippen molar-refractivity contribution in [3.05, 3.63) is 188 Å². The van der Waals surface area contributed by atoms with Crippen LogP contribution in [0.1, 0.15) is 5.56 Å². The van der Waals surface area contributed by atoms with Gasteiger partial charge in [-0.2, -0.15) is 0 Å². The number of rotatable bonds is 7. The summed E-state index contributed by atoms with van der Waals surface area (Å²) < 4.78 is 2.13. The van der Waals surface area contributed by atoms with Crippen molar-refractivity contribution in [3.8, 4) is 45.0 Å². The number of nitrogens with zero attached hydrogens (tertiary/aromatic N) is 5. The van der Waals surface area contributed by atoms with Gasteiger partial charge < -0.3 is 4.90 Å². The second kappa shape index (κ2) is 13.8. The van der Waals surface area contributed by atoms with Crippen LogP contribution in [-0.4, -0.2) is 19.9 Å². The summed E-state index contributed by atoms with van der Waals surface area (Å²) in [5.41, 5.74) is 13.5. The standard InChI is InChI=1S/C49H33N5S/c1-32-22-24-33(25-23-32)35-26-27-50-43(30-35)36-14-10-18-39(28-36)54(38-16-6-3-7-17-38)40-19-11-15-37(29-40)46-48-45(41-20-8-9-21-42(41)52-46)47-44(55-48)31-51-49(53-47)34-12-4-2-5-13-34/h2-31H,1H3. The van der Waals surface area contributed by atoms with Crippen LogP contribution in [0.4, 0.5) is 17.1 Å². The largest absolute Gasteiger partial charge is 0.310 e. The van der Waals surface area contributed by atoms with Gasteiger partial charge in [-0.3, -0.25) is 4.98 Å². The number of aromatic nitrogens is 4. The van der Waals surface area contributed by atoms with E-state index in [2.05, 4.69) is 163 Å². The third-order valence-electron chi connectivity index (χ3n) is 10.0. The maximum absolute atomic E-state index is 5.32. The van der Waals surface area contributed by atoms with Crippen LogP contribution in [0, 0.1) is 6.92 Å². The molecule has 0 atom stereocenters. The Morgan fingerprint density at radius 1 is 0.509 bits per heavy atom. The van der Waals surface area contributed by atoms with Crippen molar-refractivity contribution in [3.63, 3.8) is 0 Å². The summed E-state index contributed by atoms with van der Waals surface area (Å²) in [5.74, 6) is 0.718. The molecule has 0 bridgehead atoms. The van der Waals surface area contributed by atoms with Crippen LogP contribution < -0.4 is 4.90 Å². The maximum atomic E-state index is 5.32. The van der Waals surface area contributed by atoms with E-state index in [9.17, 15) is 0 Å². The van der Waals surface area contributed by atoms with Gasteiger partial charge in [-0.05, 0) is 72.6 Å². The summed E-state index contributed by atoms with van der Waals surface area (Å²) in [6, 6.07) is 59.3. The number of pyridine rings is 2. The van der Waals surface area contributed by atoms with Gasteiger partial charge in [-0.25, -0.2) is 15.0 Å². The lowest BCUT2D eigenvalue weighted by Gasteiger charge is -2.26. The summed E-state index contributed by atoms with van der Waals surface area (Å²) in [6.07, 6.45) is 3.86. The number of anilines is 3. The van der Waals surface area contributed by atoms with Crippen LogP contribution in [-0.2, 0) is 0 Å². The molecule has 6 aromatic carbocycles. The smallest absolute Gasteiger partial charge is 0.159 e. The molecule has 0 radical (unpaired) electrons. The Morgan fingerprint density at radius 3 is 1.98 bits per heavy atom. The number of hydrogen-bond acceptors (Lipinski definition) is 6. The molecule has 10 aromatic rings. The normalized spacial score (nSPS) is 11.4. The Labute approximate surface area is 322 Å².